The third-order valence-corrected chi connectivity index (χ3v) is 8.73. The van der Waals surface area contributed by atoms with Gasteiger partial charge in [0.05, 0.1) is 16.3 Å². The van der Waals surface area contributed by atoms with Gasteiger partial charge in [-0.25, -0.2) is 9.07 Å². The first-order chi connectivity index (χ1) is 21.2. The second-order valence-corrected chi connectivity index (χ2v) is 12.1. The number of halogens is 2. The molecular formula is C36H40ClFN4O2. The third-order valence-electron chi connectivity index (χ3n) is 8.42. The third kappa shape index (κ3) is 6.58. The zero-order chi connectivity index (χ0) is 31.4. The smallest absolute Gasteiger partial charge is 0.274 e. The number of fused-ring (bicyclic) bond motifs is 1. The van der Waals surface area contributed by atoms with E-state index in [1.807, 2.05) is 41.0 Å². The molecule has 230 valence electrons. The molecule has 1 aromatic heterocycles. The normalized spacial score (nSPS) is 14.4. The van der Waals surface area contributed by atoms with Crippen molar-refractivity contribution < 1.29 is 14.0 Å². The molecule has 0 spiro atoms. The maximum absolute atomic E-state index is 14.5. The quantitative estimate of drug-likeness (QED) is 0.181. The van der Waals surface area contributed by atoms with E-state index in [1.54, 1.807) is 22.9 Å². The SMILES string of the molecule is CCCCN(CCCC)C(=O)c1cc(C)n(-c2ccc(-c3ccc(F)cc3Cl)cc2C(=O)N2Cc3ccccc3C[C@H]2C)n1. The van der Waals surface area contributed by atoms with E-state index in [9.17, 15) is 14.0 Å². The molecule has 0 aliphatic carbocycles. The van der Waals surface area contributed by atoms with Crippen molar-refractivity contribution in [1.29, 1.82) is 0 Å². The number of hydrogen-bond acceptors (Lipinski definition) is 3. The van der Waals surface area contributed by atoms with Gasteiger partial charge >= 0.3 is 0 Å². The molecule has 0 fully saturated rings. The van der Waals surface area contributed by atoms with Gasteiger partial charge < -0.3 is 9.80 Å². The Morgan fingerprint density at radius 3 is 2.36 bits per heavy atom. The second-order valence-electron chi connectivity index (χ2n) is 11.7. The summed E-state index contributed by atoms with van der Waals surface area (Å²) >= 11 is 6.45. The molecule has 2 amide bonds. The minimum atomic E-state index is -0.427. The van der Waals surface area contributed by atoms with Crippen LogP contribution in [0.5, 0.6) is 0 Å². The van der Waals surface area contributed by atoms with Gasteiger partial charge in [0.15, 0.2) is 5.69 Å². The van der Waals surface area contributed by atoms with Crippen LogP contribution in [-0.4, -0.2) is 50.5 Å². The lowest BCUT2D eigenvalue weighted by molar-refractivity contribution is 0.0658. The van der Waals surface area contributed by atoms with Gasteiger partial charge in [0.25, 0.3) is 11.8 Å². The first-order valence-electron chi connectivity index (χ1n) is 15.5. The van der Waals surface area contributed by atoms with E-state index < -0.39 is 5.82 Å². The summed E-state index contributed by atoms with van der Waals surface area (Å²) in [5, 5.41) is 5.03. The minimum absolute atomic E-state index is 0.0233. The molecule has 6 nitrogen and oxygen atoms in total. The Morgan fingerprint density at radius 1 is 0.977 bits per heavy atom. The van der Waals surface area contributed by atoms with E-state index in [-0.39, 0.29) is 22.9 Å². The lowest BCUT2D eigenvalue weighted by Crippen LogP contribution is -2.43. The number of carbonyl (C=O) groups is 2. The minimum Gasteiger partial charge on any atom is -0.337 e. The number of carbonyl (C=O) groups excluding carboxylic acids is 2. The highest BCUT2D eigenvalue weighted by atomic mass is 35.5. The Bertz CT molecular complexity index is 1660. The average molecular weight is 615 g/mol. The Hall–Kier alpha value is -3.97. The van der Waals surface area contributed by atoms with Gasteiger partial charge in [-0.05, 0) is 86.2 Å². The number of aromatic nitrogens is 2. The molecular weight excluding hydrogens is 575 g/mol. The molecule has 1 aliphatic rings. The van der Waals surface area contributed by atoms with Crippen molar-refractivity contribution in [3.63, 3.8) is 0 Å². The summed E-state index contributed by atoms with van der Waals surface area (Å²) in [7, 11) is 0. The van der Waals surface area contributed by atoms with Gasteiger partial charge in [0.1, 0.15) is 5.82 Å². The van der Waals surface area contributed by atoms with Gasteiger partial charge in [-0.15, -0.1) is 0 Å². The van der Waals surface area contributed by atoms with Crippen LogP contribution in [0.2, 0.25) is 5.02 Å². The summed E-state index contributed by atoms with van der Waals surface area (Å²) < 4.78 is 15.6. The maximum atomic E-state index is 14.5. The van der Waals surface area contributed by atoms with Crippen LogP contribution < -0.4 is 0 Å². The predicted molar refractivity (Wildman–Crippen MR) is 174 cm³/mol. The number of unbranched alkanes of at least 4 members (excludes halogenated alkanes) is 2. The molecule has 0 bridgehead atoms. The van der Waals surface area contributed by atoms with Crippen molar-refractivity contribution in [2.75, 3.05) is 13.1 Å². The van der Waals surface area contributed by atoms with Crippen molar-refractivity contribution in [1.82, 2.24) is 19.6 Å². The summed E-state index contributed by atoms with van der Waals surface area (Å²) in [6, 6.07) is 19.7. The van der Waals surface area contributed by atoms with Crippen molar-refractivity contribution >= 4 is 23.4 Å². The molecule has 5 rings (SSSR count). The lowest BCUT2D eigenvalue weighted by atomic mass is 9.93. The van der Waals surface area contributed by atoms with Gasteiger partial charge in [0, 0.05) is 36.9 Å². The number of benzene rings is 3. The van der Waals surface area contributed by atoms with Crippen LogP contribution in [0.3, 0.4) is 0 Å². The fourth-order valence-corrected chi connectivity index (χ4v) is 6.16. The summed E-state index contributed by atoms with van der Waals surface area (Å²) in [6.07, 6.45) is 4.61. The highest BCUT2D eigenvalue weighted by Gasteiger charge is 2.30. The molecule has 1 aliphatic heterocycles. The molecule has 44 heavy (non-hydrogen) atoms. The number of aryl methyl sites for hydroxylation is 1. The van der Waals surface area contributed by atoms with Crippen LogP contribution in [0.4, 0.5) is 4.39 Å². The number of rotatable bonds is 10. The second kappa shape index (κ2) is 13.8. The van der Waals surface area contributed by atoms with Crippen LogP contribution in [0.25, 0.3) is 16.8 Å². The standard InChI is InChI=1S/C36H40ClFN4O2/c1-5-7-17-40(18-8-6-2)36(44)33-20-25(4)42(39-33)34-16-13-27(30-15-14-29(38)22-32(30)37)21-31(34)35(43)41-23-28-12-10-9-11-26(28)19-24(41)3/h9-16,20-22,24H,5-8,17-19,23H2,1-4H3/t24-/m1/s1. The van der Waals surface area contributed by atoms with Crippen LogP contribution in [0, 0.1) is 12.7 Å². The first-order valence-corrected chi connectivity index (χ1v) is 15.9. The van der Waals surface area contributed by atoms with E-state index in [4.69, 9.17) is 16.7 Å². The van der Waals surface area contributed by atoms with Gasteiger partial charge in [0.2, 0.25) is 0 Å². The topological polar surface area (TPSA) is 58.4 Å². The van der Waals surface area contributed by atoms with Crippen LogP contribution in [-0.2, 0) is 13.0 Å². The lowest BCUT2D eigenvalue weighted by Gasteiger charge is -2.35. The summed E-state index contributed by atoms with van der Waals surface area (Å²) in [5.74, 6) is -0.668. The molecule has 0 radical (unpaired) electrons. The highest BCUT2D eigenvalue weighted by Crippen LogP contribution is 2.33. The Labute approximate surface area is 264 Å². The molecule has 0 saturated carbocycles. The van der Waals surface area contributed by atoms with Gasteiger partial charge in [-0.1, -0.05) is 68.6 Å². The molecule has 8 heteroatoms. The average Bonchev–Trinajstić information content (AvgIpc) is 3.41. The fraction of sp³-hybridized carbons (Fsp3) is 0.361. The number of hydrogen-bond donors (Lipinski definition) is 0. The fourth-order valence-electron chi connectivity index (χ4n) is 5.89. The predicted octanol–water partition coefficient (Wildman–Crippen LogP) is 8.27. The van der Waals surface area contributed by atoms with Crippen molar-refractivity contribution in [2.45, 2.75) is 72.4 Å². The Balaban J connectivity index is 1.58. The summed E-state index contributed by atoms with van der Waals surface area (Å²) in [5.41, 5.74) is 5.82. The Kier molecular flexibility index (Phi) is 9.84. The first kappa shape index (κ1) is 31.5. The van der Waals surface area contributed by atoms with Crippen LogP contribution in [0.15, 0.2) is 66.7 Å². The highest BCUT2D eigenvalue weighted by molar-refractivity contribution is 6.33. The van der Waals surface area contributed by atoms with Crippen molar-refractivity contribution in [2.24, 2.45) is 0 Å². The molecule has 3 aromatic carbocycles. The van der Waals surface area contributed by atoms with E-state index in [0.717, 1.165) is 43.4 Å². The molecule has 1 atom stereocenters. The monoisotopic (exact) mass is 614 g/mol. The molecule has 4 aromatic rings. The van der Waals surface area contributed by atoms with Crippen molar-refractivity contribution in [3.8, 4) is 16.8 Å². The molecule has 0 unspecified atom stereocenters. The van der Waals surface area contributed by atoms with Crippen molar-refractivity contribution in [3.05, 3.63) is 106 Å². The largest absolute Gasteiger partial charge is 0.337 e. The van der Waals surface area contributed by atoms with E-state index in [1.165, 1.54) is 17.7 Å². The van der Waals surface area contributed by atoms with E-state index in [0.29, 0.717) is 47.7 Å². The number of amides is 2. The molecule has 2 heterocycles. The zero-order valence-corrected chi connectivity index (χ0v) is 26.7. The molecule has 0 saturated heterocycles. The zero-order valence-electron chi connectivity index (χ0n) is 25.9. The van der Waals surface area contributed by atoms with Gasteiger partial charge in [-0.3, -0.25) is 9.59 Å². The molecule has 0 N–H and O–H groups in total. The summed E-state index contributed by atoms with van der Waals surface area (Å²) in [6.45, 7) is 10.0. The number of nitrogens with zero attached hydrogens (tertiary/aromatic N) is 4. The maximum Gasteiger partial charge on any atom is 0.274 e. The summed E-state index contributed by atoms with van der Waals surface area (Å²) in [4.78, 5) is 31.8. The van der Waals surface area contributed by atoms with Gasteiger partial charge in [-0.2, -0.15) is 5.10 Å². The Morgan fingerprint density at radius 2 is 1.68 bits per heavy atom. The van der Waals surface area contributed by atoms with E-state index >= 15 is 0 Å². The van der Waals surface area contributed by atoms with Crippen LogP contribution in [0.1, 0.15) is 84.1 Å². The van der Waals surface area contributed by atoms with E-state index in [2.05, 4.69) is 32.9 Å². The van der Waals surface area contributed by atoms with Crippen LogP contribution >= 0.6 is 11.6 Å².